The molecule has 5 nitrogen and oxygen atoms in total. The molecule has 2 N–H and O–H groups in total. The molecule has 0 radical (unpaired) electrons. The number of carboxylic acid groups (broad SMARTS) is 1. The summed E-state index contributed by atoms with van der Waals surface area (Å²) in [6.07, 6.45) is 3.83. The maximum Gasteiger partial charge on any atom is 0.335 e. The van der Waals surface area contributed by atoms with Crippen molar-refractivity contribution < 1.29 is 19.4 Å². The lowest BCUT2D eigenvalue weighted by molar-refractivity contribution is -0.177. The van der Waals surface area contributed by atoms with Crippen LogP contribution in [0.25, 0.3) is 0 Å². The third-order valence-corrected chi connectivity index (χ3v) is 4.06. The number of rotatable bonds is 3. The fourth-order valence-corrected chi connectivity index (χ4v) is 2.93. The Morgan fingerprint density at radius 3 is 2.30 bits per heavy atom. The molecular weight excluding hydrogens is 258 g/mol. The minimum absolute atomic E-state index is 0.311. The van der Waals surface area contributed by atoms with E-state index in [4.69, 9.17) is 14.6 Å². The van der Waals surface area contributed by atoms with Gasteiger partial charge in [0.1, 0.15) is 0 Å². The number of hydrogen-bond donors (Lipinski definition) is 2. The monoisotopic (exact) mass is 277 g/mol. The smallest absolute Gasteiger partial charge is 0.335 e. The second kappa shape index (κ2) is 5.42. The molecule has 1 aromatic carbocycles. The third-order valence-electron chi connectivity index (χ3n) is 4.06. The van der Waals surface area contributed by atoms with Crippen molar-refractivity contribution in [1.82, 2.24) is 0 Å². The molecule has 0 unspecified atom stereocenters. The van der Waals surface area contributed by atoms with Gasteiger partial charge in [0.25, 0.3) is 0 Å². The molecule has 2 aliphatic rings. The minimum atomic E-state index is -0.897. The summed E-state index contributed by atoms with van der Waals surface area (Å²) in [6, 6.07) is 7.27. The summed E-state index contributed by atoms with van der Waals surface area (Å²) < 4.78 is 11.4. The van der Waals surface area contributed by atoms with E-state index in [0.717, 1.165) is 31.4 Å². The second-order valence-electron chi connectivity index (χ2n) is 5.41. The SMILES string of the molecule is O=C(O)c1ccc(NC2CCC3(CC2)OCCO3)cc1. The molecule has 0 bridgehead atoms. The van der Waals surface area contributed by atoms with Gasteiger partial charge in [0.05, 0.1) is 18.8 Å². The van der Waals surface area contributed by atoms with Crippen molar-refractivity contribution in [2.75, 3.05) is 18.5 Å². The van der Waals surface area contributed by atoms with Gasteiger partial charge in [-0.15, -0.1) is 0 Å². The van der Waals surface area contributed by atoms with Gasteiger partial charge in [0.15, 0.2) is 5.79 Å². The molecule has 1 saturated carbocycles. The van der Waals surface area contributed by atoms with Crippen molar-refractivity contribution >= 4 is 11.7 Å². The van der Waals surface area contributed by atoms with Crippen LogP contribution in [0.4, 0.5) is 5.69 Å². The third kappa shape index (κ3) is 2.78. The first-order chi connectivity index (χ1) is 9.67. The molecule has 1 heterocycles. The van der Waals surface area contributed by atoms with Gasteiger partial charge in [0.2, 0.25) is 0 Å². The molecule has 0 amide bonds. The number of benzene rings is 1. The molecule has 1 aromatic rings. The molecule has 1 saturated heterocycles. The molecular formula is C15H19NO4. The van der Waals surface area contributed by atoms with Crippen LogP contribution in [0.15, 0.2) is 24.3 Å². The van der Waals surface area contributed by atoms with Crippen LogP contribution in [-0.4, -0.2) is 36.1 Å². The molecule has 20 heavy (non-hydrogen) atoms. The van der Waals surface area contributed by atoms with E-state index in [1.165, 1.54) is 0 Å². The van der Waals surface area contributed by atoms with Gasteiger partial charge < -0.3 is 19.9 Å². The Kier molecular flexibility index (Phi) is 3.63. The number of nitrogens with one attached hydrogen (secondary N) is 1. The normalized spacial score (nSPS) is 22.0. The summed E-state index contributed by atoms with van der Waals surface area (Å²) in [5, 5.41) is 12.3. The zero-order valence-electron chi connectivity index (χ0n) is 11.3. The van der Waals surface area contributed by atoms with Crippen LogP contribution in [0.3, 0.4) is 0 Å². The van der Waals surface area contributed by atoms with Gasteiger partial charge in [-0.05, 0) is 37.1 Å². The molecule has 0 aromatic heterocycles. The van der Waals surface area contributed by atoms with Crippen molar-refractivity contribution in [1.29, 1.82) is 0 Å². The maximum absolute atomic E-state index is 10.8. The van der Waals surface area contributed by atoms with Crippen molar-refractivity contribution in [2.45, 2.75) is 37.5 Å². The summed E-state index contributed by atoms with van der Waals surface area (Å²) in [5.41, 5.74) is 1.27. The molecule has 1 spiro atoms. The predicted molar refractivity (Wildman–Crippen MR) is 73.9 cm³/mol. The molecule has 2 fully saturated rings. The van der Waals surface area contributed by atoms with E-state index in [0.29, 0.717) is 24.8 Å². The lowest BCUT2D eigenvalue weighted by Crippen LogP contribution is -2.39. The first-order valence-corrected chi connectivity index (χ1v) is 7.05. The standard InChI is InChI=1S/C15H19NO4/c17-14(18)11-1-3-12(4-2-11)16-13-5-7-15(8-6-13)19-9-10-20-15/h1-4,13,16H,5-10H2,(H,17,18). The van der Waals surface area contributed by atoms with Gasteiger partial charge in [-0.25, -0.2) is 4.79 Å². The van der Waals surface area contributed by atoms with E-state index in [9.17, 15) is 4.79 Å². The average molecular weight is 277 g/mol. The van der Waals surface area contributed by atoms with E-state index in [-0.39, 0.29) is 5.79 Å². The molecule has 3 rings (SSSR count). The van der Waals surface area contributed by atoms with Crippen LogP contribution in [-0.2, 0) is 9.47 Å². The van der Waals surface area contributed by atoms with Crippen LogP contribution < -0.4 is 5.32 Å². The fraction of sp³-hybridized carbons (Fsp3) is 0.533. The number of carboxylic acids is 1. The van der Waals surface area contributed by atoms with E-state index in [1.807, 2.05) is 12.1 Å². The number of aromatic carboxylic acids is 1. The first kappa shape index (κ1) is 13.4. The first-order valence-electron chi connectivity index (χ1n) is 7.05. The second-order valence-corrected chi connectivity index (χ2v) is 5.41. The maximum atomic E-state index is 10.8. The highest BCUT2D eigenvalue weighted by Crippen LogP contribution is 2.36. The van der Waals surface area contributed by atoms with Crippen LogP contribution >= 0.6 is 0 Å². The van der Waals surface area contributed by atoms with Gasteiger partial charge >= 0.3 is 5.97 Å². The van der Waals surface area contributed by atoms with Crippen LogP contribution in [0.1, 0.15) is 36.0 Å². The Hall–Kier alpha value is -1.59. The molecule has 5 heteroatoms. The Labute approximate surface area is 117 Å². The quantitative estimate of drug-likeness (QED) is 0.888. The van der Waals surface area contributed by atoms with Crippen molar-refractivity contribution in [2.24, 2.45) is 0 Å². The largest absolute Gasteiger partial charge is 0.478 e. The van der Waals surface area contributed by atoms with E-state index in [1.54, 1.807) is 12.1 Å². The summed E-state index contributed by atoms with van der Waals surface area (Å²) in [4.78, 5) is 10.8. The summed E-state index contributed by atoms with van der Waals surface area (Å²) in [6.45, 7) is 1.41. The Morgan fingerprint density at radius 2 is 1.75 bits per heavy atom. The van der Waals surface area contributed by atoms with E-state index in [2.05, 4.69) is 5.32 Å². The van der Waals surface area contributed by atoms with Crippen molar-refractivity contribution in [3.8, 4) is 0 Å². The molecule has 0 atom stereocenters. The Bertz CT molecular complexity index is 469. The highest BCUT2D eigenvalue weighted by atomic mass is 16.7. The summed E-state index contributed by atoms with van der Waals surface area (Å²) in [7, 11) is 0. The van der Waals surface area contributed by atoms with Crippen LogP contribution in [0.2, 0.25) is 0 Å². The van der Waals surface area contributed by atoms with Crippen LogP contribution in [0, 0.1) is 0 Å². The van der Waals surface area contributed by atoms with E-state index < -0.39 is 5.97 Å². The number of carbonyl (C=O) groups is 1. The lowest BCUT2D eigenvalue weighted by Gasteiger charge is -2.36. The van der Waals surface area contributed by atoms with Gasteiger partial charge in [-0.3, -0.25) is 0 Å². The molecule has 1 aliphatic heterocycles. The summed E-state index contributed by atoms with van der Waals surface area (Å²) >= 11 is 0. The fourth-order valence-electron chi connectivity index (χ4n) is 2.93. The number of anilines is 1. The molecule has 1 aliphatic carbocycles. The van der Waals surface area contributed by atoms with Crippen molar-refractivity contribution in [3.63, 3.8) is 0 Å². The van der Waals surface area contributed by atoms with Crippen LogP contribution in [0.5, 0.6) is 0 Å². The highest BCUT2D eigenvalue weighted by Gasteiger charge is 2.40. The van der Waals surface area contributed by atoms with Crippen molar-refractivity contribution in [3.05, 3.63) is 29.8 Å². The average Bonchev–Trinajstić information content (AvgIpc) is 2.91. The minimum Gasteiger partial charge on any atom is -0.478 e. The topological polar surface area (TPSA) is 67.8 Å². The molecule has 108 valence electrons. The Balaban J connectivity index is 1.55. The number of hydrogen-bond acceptors (Lipinski definition) is 4. The highest BCUT2D eigenvalue weighted by molar-refractivity contribution is 5.87. The van der Waals surface area contributed by atoms with Gasteiger partial charge in [0, 0.05) is 24.6 Å². The van der Waals surface area contributed by atoms with E-state index >= 15 is 0 Å². The summed E-state index contributed by atoms with van der Waals surface area (Å²) in [5.74, 6) is -1.22. The zero-order valence-corrected chi connectivity index (χ0v) is 11.3. The van der Waals surface area contributed by atoms with Gasteiger partial charge in [-0.1, -0.05) is 0 Å². The van der Waals surface area contributed by atoms with Gasteiger partial charge in [-0.2, -0.15) is 0 Å². The predicted octanol–water partition coefficient (Wildman–Crippen LogP) is 2.48. The number of ether oxygens (including phenoxy) is 2. The Morgan fingerprint density at radius 1 is 1.15 bits per heavy atom. The zero-order chi connectivity index (χ0) is 14.0. The lowest BCUT2D eigenvalue weighted by atomic mass is 9.90.